The third-order valence-electron chi connectivity index (χ3n) is 5.30. The molecule has 0 saturated heterocycles. The molecular formula is C17H25ClN2O2. The van der Waals surface area contributed by atoms with E-state index in [0.29, 0.717) is 6.54 Å². The van der Waals surface area contributed by atoms with Gasteiger partial charge in [-0.2, -0.15) is 0 Å². The Kier molecular flexibility index (Phi) is 3.99. The van der Waals surface area contributed by atoms with Gasteiger partial charge in [0, 0.05) is 17.0 Å². The molecule has 22 heavy (non-hydrogen) atoms. The molecule has 122 valence electrons. The number of ether oxygens (including phenoxy) is 1. The van der Waals surface area contributed by atoms with Crippen LogP contribution in [0.1, 0.15) is 56.7 Å². The van der Waals surface area contributed by atoms with Crippen LogP contribution in [0.3, 0.4) is 0 Å². The molecule has 1 aromatic carbocycles. The van der Waals surface area contributed by atoms with E-state index < -0.39 is 5.41 Å². The average Bonchev–Trinajstić information content (AvgIpc) is 2.77. The number of carbonyl (C=O) groups is 1. The van der Waals surface area contributed by atoms with Crippen molar-refractivity contribution < 1.29 is 9.53 Å². The van der Waals surface area contributed by atoms with Crippen LogP contribution in [0.15, 0.2) is 6.07 Å². The highest BCUT2D eigenvalue weighted by Gasteiger charge is 2.49. The zero-order valence-corrected chi connectivity index (χ0v) is 14.7. The molecule has 2 aliphatic heterocycles. The van der Waals surface area contributed by atoms with Gasteiger partial charge in [0.25, 0.3) is 0 Å². The monoisotopic (exact) mass is 324 g/mol. The smallest absolute Gasteiger partial charge is 0.234 e. The van der Waals surface area contributed by atoms with Crippen molar-refractivity contribution in [1.29, 1.82) is 0 Å². The largest absolute Gasteiger partial charge is 0.486 e. The summed E-state index contributed by atoms with van der Waals surface area (Å²) in [6.45, 7) is 10.9. The summed E-state index contributed by atoms with van der Waals surface area (Å²) < 4.78 is 6.36. The third-order valence-corrected chi connectivity index (χ3v) is 5.30. The van der Waals surface area contributed by atoms with Gasteiger partial charge in [-0.15, -0.1) is 12.4 Å². The highest BCUT2D eigenvalue weighted by molar-refractivity contribution is 6.07. The lowest BCUT2D eigenvalue weighted by atomic mass is 9.80. The maximum atomic E-state index is 12.3. The number of rotatable bonds is 2. The van der Waals surface area contributed by atoms with Crippen LogP contribution in [0, 0.1) is 6.92 Å². The lowest BCUT2D eigenvalue weighted by Crippen LogP contribution is -2.36. The molecule has 2 heterocycles. The summed E-state index contributed by atoms with van der Waals surface area (Å²) in [7, 11) is 0. The van der Waals surface area contributed by atoms with Gasteiger partial charge >= 0.3 is 0 Å². The second-order valence-corrected chi connectivity index (χ2v) is 7.12. The van der Waals surface area contributed by atoms with Crippen LogP contribution in [0.5, 0.6) is 5.75 Å². The number of amides is 1. The van der Waals surface area contributed by atoms with Crippen LogP contribution in [0.4, 0.5) is 5.69 Å². The van der Waals surface area contributed by atoms with Crippen molar-refractivity contribution in [3.05, 3.63) is 22.8 Å². The quantitative estimate of drug-likeness (QED) is 0.877. The molecule has 0 spiro atoms. The zero-order chi connectivity index (χ0) is 15.6. The highest BCUT2D eigenvalue weighted by Crippen LogP contribution is 2.55. The maximum absolute atomic E-state index is 12.3. The van der Waals surface area contributed by atoms with Crippen LogP contribution < -0.4 is 15.8 Å². The van der Waals surface area contributed by atoms with E-state index in [2.05, 4.69) is 25.2 Å². The van der Waals surface area contributed by atoms with E-state index in [9.17, 15) is 4.79 Å². The molecule has 0 unspecified atom stereocenters. The molecular weight excluding hydrogens is 300 g/mol. The number of hydrogen-bond acceptors (Lipinski definition) is 3. The number of halogens is 1. The van der Waals surface area contributed by atoms with Crippen molar-refractivity contribution >= 4 is 24.0 Å². The Hall–Kier alpha value is -1.26. The molecule has 4 nitrogen and oxygen atoms in total. The van der Waals surface area contributed by atoms with Gasteiger partial charge in [-0.1, -0.05) is 6.92 Å². The molecule has 1 amide bonds. The number of aryl methyl sites for hydroxylation is 1. The van der Waals surface area contributed by atoms with Gasteiger partial charge in [-0.25, -0.2) is 0 Å². The number of nitrogens with two attached hydrogens (primary N) is 1. The number of fused-ring (bicyclic) bond motifs is 3. The van der Waals surface area contributed by atoms with E-state index >= 15 is 0 Å². The van der Waals surface area contributed by atoms with Crippen LogP contribution in [-0.2, 0) is 10.2 Å². The summed E-state index contributed by atoms with van der Waals surface area (Å²) in [6.07, 6.45) is 0.804. The number of anilines is 1. The fourth-order valence-electron chi connectivity index (χ4n) is 3.60. The second-order valence-electron chi connectivity index (χ2n) is 7.12. The van der Waals surface area contributed by atoms with Crippen molar-refractivity contribution in [2.75, 3.05) is 11.9 Å². The zero-order valence-electron chi connectivity index (χ0n) is 13.9. The number of benzene rings is 1. The van der Waals surface area contributed by atoms with Crippen molar-refractivity contribution in [2.45, 2.75) is 58.0 Å². The molecule has 0 fully saturated rings. The molecule has 0 aromatic heterocycles. The minimum atomic E-state index is -0.556. The van der Waals surface area contributed by atoms with Crippen LogP contribution >= 0.6 is 12.4 Å². The number of hydrogen-bond donors (Lipinski definition) is 2. The third kappa shape index (κ3) is 2.04. The van der Waals surface area contributed by atoms with Gasteiger partial charge < -0.3 is 15.8 Å². The Bertz CT molecular complexity index is 642. The predicted molar refractivity (Wildman–Crippen MR) is 91.2 cm³/mol. The molecule has 5 heteroatoms. The SMILES string of the molecule is Cc1cc2c(c3c1NC(=O)C3(C)C)O[C@@](C)(CCN)[C@H]2C.Cl. The Labute approximate surface area is 138 Å². The Balaban J connectivity index is 0.00000176. The van der Waals surface area contributed by atoms with E-state index in [-0.39, 0.29) is 29.8 Å². The fourth-order valence-corrected chi connectivity index (χ4v) is 3.60. The Morgan fingerprint density at radius 3 is 2.59 bits per heavy atom. The Morgan fingerprint density at radius 2 is 2.00 bits per heavy atom. The summed E-state index contributed by atoms with van der Waals surface area (Å²) in [4.78, 5) is 12.3. The Morgan fingerprint density at radius 1 is 1.36 bits per heavy atom. The molecule has 3 N–H and O–H groups in total. The summed E-state index contributed by atoms with van der Waals surface area (Å²) in [5.74, 6) is 1.20. The maximum Gasteiger partial charge on any atom is 0.234 e. The van der Waals surface area contributed by atoms with Crippen LogP contribution in [0.2, 0.25) is 0 Å². The summed E-state index contributed by atoms with van der Waals surface area (Å²) >= 11 is 0. The first-order valence-corrected chi connectivity index (χ1v) is 7.61. The molecule has 1 aromatic rings. The van der Waals surface area contributed by atoms with Crippen molar-refractivity contribution in [3.63, 3.8) is 0 Å². The van der Waals surface area contributed by atoms with Crippen molar-refractivity contribution in [3.8, 4) is 5.75 Å². The van der Waals surface area contributed by atoms with Gasteiger partial charge in [-0.3, -0.25) is 4.79 Å². The lowest BCUT2D eigenvalue weighted by Gasteiger charge is -2.28. The summed E-state index contributed by atoms with van der Waals surface area (Å²) in [6, 6.07) is 2.16. The number of nitrogens with one attached hydrogen (secondary N) is 1. The van der Waals surface area contributed by atoms with E-state index in [1.165, 1.54) is 5.56 Å². The van der Waals surface area contributed by atoms with Crippen molar-refractivity contribution in [2.24, 2.45) is 5.73 Å². The topological polar surface area (TPSA) is 64.3 Å². The molecule has 0 radical (unpaired) electrons. The van der Waals surface area contributed by atoms with Gasteiger partial charge in [0.2, 0.25) is 5.91 Å². The molecule has 3 rings (SSSR count). The average molecular weight is 325 g/mol. The molecule has 2 aliphatic rings. The van der Waals surface area contributed by atoms with Crippen LogP contribution in [0.25, 0.3) is 0 Å². The lowest BCUT2D eigenvalue weighted by molar-refractivity contribution is -0.119. The minimum Gasteiger partial charge on any atom is -0.486 e. The summed E-state index contributed by atoms with van der Waals surface area (Å²) in [5.41, 5.74) is 9.16. The minimum absolute atomic E-state index is 0. The van der Waals surface area contributed by atoms with Gasteiger partial charge in [0.05, 0.1) is 11.1 Å². The van der Waals surface area contributed by atoms with E-state index in [1.54, 1.807) is 0 Å². The van der Waals surface area contributed by atoms with Crippen molar-refractivity contribution in [1.82, 2.24) is 0 Å². The molecule has 0 bridgehead atoms. The normalized spacial score (nSPS) is 27.5. The first-order valence-electron chi connectivity index (χ1n) is 7.61. The van der Waals surface area contributed by atoms with Crippen LogP contribution in [-0.4, -0.2) is 18.1 Å². The predicted octanol–water partition coefficient (Wildman–Crippen LogP) is 3.25. The first kappa shape index (κ1) is 17.1. The summed E-state index contributed by atoms with van der Waals surface area (Å²) in [5, 5.41) is 3.02. The van der Waals surface area contributed by atoms with Gasteiger partial charge in [0.1, 0.15) is 11.4 Å². The standard InChI is InChI=1S/C17H24N2O2.ClH/c1-9-8-11-10(2)17(5,6-7-18)21-14(11)12-13(9)19-15(20)16(12,3)4;/h8,10H,6-7,18H2,1-5H3,(H,19,20);1H/t10-,17-;/m0./s1. The van der Waals surface area contributed by atoms with Gasteiger partial charge in [-0.05, 0) is 52.3 Å². The highest BCUT2D eigenvalue weighted by atomic mass is 35.5. The molecule has 0 saturated carbocycles. The van der Waals surface area contributed by atoms with Gasteiger partial charge in [0.15, 0.2) is 0 Å². The van der Waals surface area contributed by atoms with E-state index in [0.717, 1.165) is 29.0 Å². The van der Waals surface area contributed by atoms with E-state index in [4.69, 9.17) is 10.5 Å². The van der Waals surface area contributed by atoms with E-state index in [1.807, 2.05) is 20.8 Å². The molecule has 0 aliphatic carbocycles. The second kappa shape index (κ2) is 5.14. The first-order chi connectivity index (χ1) is 9.72. The fraction of sp³-hybridized carbons (Fsp3) is 0.588. The molecule has 2 atom stereocenters. The number of carbonyl (C=O) groups excluding carboxylic acids is 1.